The first-order chi connectivity index (χ1) is 11.9. The van der Waals surface area contributed by atoms with Crippen molar-refractivity contribution in [2.24, 2.45) is 0 Å². The highest BCUT2D eigenvalue weighted by Gasteiger charge is 2.20. The molecule has 0 spiro atoms. The summed E-state index contributed by atoms with van der Waals surface area (Å²) in [5.74, 6) is 0.860. The van der Waals surface area contributed by atoms with E-state index in [1.54, 1.807) is 43.5 Å². The number of hydrogen-bond acceptors (Lipinski definition) is 5. The van der Waals surface area contributed by atoms with Gasteiger partial charge in [0.1, 0.15) is 16.2 Å². The van der Waals surface area contributed by atoms with Crippen LogP contribution in [0.3, 0.4) is 0 Å². The first-order valence-corrected chi connectivity index (χ1v) is 9.33. The number of nitrogens with zero attached hydrogens (tertiary/aromatic N) is 1. The van der Waals surface area contributed by atoms with E-state index in [9.17, 15) is 8.42 Å². The van der Waals surface area contributed by atoms with Crippen molar-refractivity contribution >= 4 is 21.0 Å². The largest absolute Gasteiger partial charge is 0.491 e. The summed E-state index contributed by atoms with van der Waals surface area (Å²) in [5, 5.41) is 0.812. The molecule has 0 saturated carbocycles. The van der Waals surface area contributed by atoms with Gasteiger partial charge in [0.05, 0.1) is 6.10 Å². The Bertz CT molecular complexity index is 1010. The standard InChI is InChI=1S/C19H19NO4S/c1-13(2)23-17-10-9-16(12-14(17)3)25(21,22)24-18-8-4-6-15-7-5-11-20-19(15)18/h4-13H,1-3H3. The lowest BCUT2D eigenvalue weighted by Gasteiger charge is -2.14. The van der Waals surface area contributed by atoms with Gasteiger partial charge >= 0.3 is 10.1 Å². The second-order valence-electron chi connectivity index (χ2n) is 5.96. The fourth-order valence-electron chi connectivity index (χ4n) is 2.47. The third kappa shape index (κ3) is 3.74. The molecule has 0 amide bonds. The molecule has 0 aliphatic heterocycles. The van der Waals surface area contributed by atoms with Crippen molar-refractivity contribution in [2.75, 3.05) is 0 Å². The summed E-state index contributed by atoms with van der Waals surface area (Å²) in [6.07, 6.45) is 1.61. The number of aromatic nitrogens is 1. The van der Waals surface area contributed by atoms with Gasteiger partial charge in [-0.3, -0.25) is 4.98 Å². The molecule has 0 atom stereocenters. The maximum Gasteiger partial charge on any atom is 0.339 e. The number of para-hydroxylation sites is 1. The summed E-state index contributed by atoms with van der Waals surface area (Å²) in [6, 6.07) is 13.5. The quantitative estimate of drug-likeness (QED) is 0.643. The maximum atomic E-state index is 12.6. The van der Waals surface area contributed by atoms with Gasteiger partial charge in [0, 0.05) is 11.6 Å². The van der Waals surface area contributed by atoms with Gasteiger partial charge in [-0.25, -0.2) is 0 Å². The molecule has 5 nitrogen and oxygen atoms in total. The third-order valence-electron chi connectivity index (χ3n) is 3.59. The van der Waals surface area contributed by atoms with Gasteiger partial charge in [0.25, 0.3) is 0 Å². The summed E-state index contributed by atoms with van der Waals surface area (Å²) in [4.78, 5) is 4.29. The zero-order chi connectivity index (χ0) is 18.0. The molecule has 0 saturated heterocycles. The number of aryl methyl sites for hydroxylation is 1. The summed E-state index contributed by atoms with van der Waals surface area (Å²) in [6.45, 7) is 5.64. The minimum atomic E-state index is -3.97. The van der Waals surface area contributed by atoms with Crippen LogP contribution < -0.4 is 8.92 Å². The van der Waals surface area contributed by atoms with Crippen LogP contribution in [0.2, 0.25) is 0 Å². The van der Waals surface area contributed by atoms with Crippen LogP contribution in [0.1, 0.15) is 19.4 Å². The molecule has 1 heterocycles. The Kier molecular flexibility index (Phi) is 4.63. The lowest BCUT2D eigenvalue weighted by molar-refractivity contribution is 0.240. The fraction of sp³-hybridized carbons (Fsp3) is 0.211. The maximum absolute atomic E-state index is 12.6. The van der Waals surface area contributed by atoms with Crippen molar-refractivity contribution in [1.29, 1.82) is 0 Å². The highest BCUT2D eigenvalue weighted by atomic mass is 32.2. The van der Waals surface area contributed by atoms with Gasteiger partial charge in [-0.05, 0) is 56.7 Å². The van der Waals surface area contributed by atoms with Crippen molar-refractivity contribution < 1.29 is 17.3 Å². The predicted octanol–water partition coefficient (Wildman–Crippen LogP) is 4.10. The van der Waals surface area contributed by atoms with E-state index < -0.39 is 10.1 Å². The monoisotopic (exact) mass is 357 g/mol. The fourth-order valence-corrected chi connectivity index (χ4v) is 3.50. The van der Waals surface area contributed by atoms with E-state index in [0.29, 0.717) is 11.3 Å². The molecule has 0 unspecified atom stereocenters. The van der Waals surface area contributed by atoms with E-state index in [4.69, 9.17) is 8.92 Å². The topological polar surface area (TPSA) is 65.5 Å². The summed E-state index contributed by atoms with van der Waals surface area (Å²) >= 11 is 0. The Morgan fingerprint density at radius 2 is 1.76 bits per heavy atom. The van der Waals surface area contributed by atoms with Gasteiger partial charge in [-0.1, -0.05) is 18.2 Å². The van der Waals surface area contributed by atoms with Crippen molar-refractivity contribution in [1.82, 2.24) is 4.98 Å². The van der Waals surface area contributed by atoms with Crippen LogP contribution in [0.4, 0.5) is 0 Å². The molecule has 130 valence electrons. The van der Waals surface area contributed by atoms with Crippen LogP contribution in [0, 0.1) is 6.92 Å². The molecule has 0 aliphatic carbocycles. The highest BCUT2D eigenvalue weighted by molar-refractivity contribution is 7.87. The SMILES string of the molecule is Cc1cc(S(=O)(=O)Oc2cccc3cccnc23)ccc1OC(C)C. The summed E-state index contributed by atoms with van der Waals surface area (Å²) in [5.41, 5.74) is 1.24. The normalized spacial score (nSPS) is 11.7. The first-order valence-electron chi connectivity index (χ1n) is 7.92. The third-order valence-corrected chi connectivity index (χ3v) is 4.82. The Labute approximate surface area is 147 Å². The molecule has 6 heteroatoms. The van der Waals surface area contributed by atoms with E-state index in [1.807, 2.05) is 26.0 Å². The molecule has 25 heavy (non-hydrogen) atoms. The second kappa shape index (κ2) is 6.72. The molecule has 0 radical (unpaired) electrons. The van der Waals surface area contributed by atoms with Gasteiger partial charge in [-0.2, -0.15) is 8.42 Å². The minimum absolute atomic E-state index is 0.0131. The van der Waals surface area contributed by atoms with E-state index >= 15 is 0 Å². The smallest absolute Gasteiger partial charge is 0.339 e. The van der Waals surface area contributed by atoms with Crippen LogP contribution >= 0.6 is 0 Å². The number of hydrogen-bond donors (Lipinski definition) is 0. The van der Waals surface area contributed by atoms with Crippen molar-refractivity contribution in [3.63, 3.8) is 0 Å². The number of fused-ring (bicyclic) bond motifs is 1. The molecule has 0 N–H and O–H groups in total. The van der Waals surface area contributed by atoms with E-state index in [1.165, 1.54) is 6.07 Å². The molecule has 3 rings (SSSR count). The molecule has 0 bridgehead atoms. The Balaban J connectivity index is 1.95. The number of ether oxygens (including phenoxy) is 1. The molecular weight excluding hydrogens is 338 g/mol. The molecule has 0 fully saturated rings. The van der Waals surface area contributed by atoms with Crippen LogP contribution in [0.25, 0.3) is 10.9 Å². The number of rotatable bonds is 5. The Morgan fingerprint density at radius 1 is 1.00 bits per heavy atom. The van der Waals surface area contributed by atoms with Crippen molar-refractivity contribution in [3.8, 4) is 11.5 Å². The Morgan fingerprint density at radius 3 is 2.48 bits per heavy atom. The van der Waals surface area contributed by atoms with Gasteiger partial charge in [0.15, 0.2) is 5.75 Å². The zero-order valence-electron chi connectivity index (χ0n) is 14.3. The van der Waals surface area contributed by atoms with E-state index in [2.05, 4.69) is 4.98 Å². The Hall–Kier alpha value is -2.60. The van der Waals surface area contributed by atoms with Gasteiger partial charge in [-0.15, -0.1) is 0 Å². The van der Waals surface area contributed by atoms with E-state index in [0.717, 1.165) is 10.9 Å². The summed E-state index contributed by atoms with van der Waals surface area (Å²) in [7, 11) is -3.97. The summed E-state index contributed by atoms with van der Waals surface area (Å²) < 4.78 is 36.3. The first kappa shape index (κ1) is 17.2. The number of pyridine rings is 1. The number of benzene rings is 2. The second-order valence-corrected chi connectivity index (χ2v) is 7.51. The van der Waals surface area contributed by atoms with Gasteiger partial charge in [0.2, 0.25) is 0 Å². The molecule has 1 aromatic heterocycles. The molecule has 2 aromatic carbocycles. The molecule has 3 aromatic rings. The lowest BCUT2D eigenvalue weighted by Crippen LogP contribution is -2.11. The predicted molar refractivity (Wildman–Crippen MR) is 96.5 cm³/mol. The van der Waals surface area contributed by atoms with Crippen LogP contribution in [-0.2, 0) is 10.1 Å². The van der Waals surface area contributed by atoms with Crippen LogP contribution in [-0.4, -0.2) is 19.5 Å². The van der Waals surface area contributed by atoms with Crippen LogP contribution in [0.5, 0.6) is 11.5 Å². The van der Waals surface area contributed by atoms with Crippen LogP contribution in [0.15, 0.2) is 59.6 Å². The van der Waals surface area contributed by atoms with Crippen molar-refractivity contribution in [2.45, 2.75) is 31.8 Å². The van der Waals surface area contributed by atoms with E-state index in [-0.39, 0.29) is 16.7 Å². The minimum Gasteiger partial charge on any atom is -0.491 e. The zero-order valence-corrected chi connectivity index (χ0v) is 15.1. The van der Waals surface area contributed by atoms with Crippen molar-refractivity contribution in [3.05, 3.63) is 60.3 Å². The average Bonchev–Trinajstić information content (AvgIpc) is 2.56. The van der Waals surface area contributed by atoms with Gasteiger partial charge < -0.3 is 8.92 Å². The molecular formula is C19H19NO4S. The highest BCUT2D eigenvalue weighted by Crippen LogP contribution is 2.28. The average molecular weight is 357 g/mol. The lowest BCUT2D eigenvalue weighted by atomic mass is 10.2. The molecule has 0 aliphatic rings.